The van der Waals surface area contributed by atoms with Crippen LogP contribution in [0.2, 0.25) is 0 Å². The smallest absolute Gasteiger partial charge is 0.394 e. The summed E-state index contributed by atoms with van der Waals surface area (Å²) in [7, 11) is 0. The molecule has 1 aliphatic carbocycles. The standard InChI is InChI=1S/C20H18N8.C18H15N7OS.C17H12F3N9.C17H15N9S/c1-3-17(4-1)27-13-15(9-22-27)18-10-21-19-20(23-18)28(25-24-19)12-14-6-7-16-5-2-8-26(16)11-14;26-5-4-24-11-14(8-20-24)15-9-19-17-18(21-15)25(23-22-17)10-12-1-2-13-3-6-27-16(13)7-12;18-17(19,20)10-28-8-11(6-22-28)13-7-21-15-16(24-13)29(26-25-15)9-12-3-5-27-4-1-2-14(27)23-12;1-2-19-13-3-12(27-15(1)13)9-26-17-16(23-24-26)20-7-14(22-17)10-4-21-25(8-10)11-5-18-6-11/h2,5-11,13,17H,1,3-4,12H2;1-3,6-9,11,26H,4-5,10H2;1-8H,9-10H2;1-4,7-8,11,18-19H,5-6,9H2. The Hall–Kier alpha value is -13.7. The van der Waals surface area contributed by atoms with Gasteiger partial charge in [-0.05, 0) is 102 Å². The highest BCUT2D eigenvalue weighted by Crippen LogP contribution is 2.33. The number of alkyl halides is 3. The van der Waals surface area contributed by atoms with E-state index in [1.807, 2.05) is 87.6 Å². The molecule has 2 aliphatic rings. The number of nitrogens with zero attached hydrogens (tertiary/aromatic N) is 31. The minimum Gasteiger partial charge on any atom is -0.394 e. The van der Waals surface area contributed by atoms with Crippen molar-refractivity contribution < 1.29 is 18.3 Å². The number of aromatic nitrogens is 32. The molecular formula is C72H60F3N33OS2. The van der Waals surface area contributed by atoms with E-state index in [0.29, 0.717) is 107 Å². The molecule has 3 N–H and O–H groups in total. The normalized spacial score (nSPS) is 13.4. The minimum atomic E-state index is -4.35. The SMILES string of the molecule is FC(F)(F)Cn1cc(-c2cnc3nnn(Cc4ccn5cccc5n4)c3n2)cn1.OCCn1cc(-c2cnc3nnn(Cc4ccc5ccsc5c4)c3n2)cn1.c1cc2ccc(Cn3nnc4ncc(-c5cnn(C6CCC6)c5)nc43)cn2c1.c1cc2sc(Cn3nnc4ncc(-c5cnn(C6CNC6)c5)nc43)cc2[nH]1. The molecule has 0 atom stereocenters. The number of rotatable bonds is 17. The molecule has 0 amide bonds. The van der Waals surface area contributed by atoms with Gasteiger partial charge in [0.25, 0.3) is 0 Å². The van der Waals surface area contributed by atoms with E-state index in [1.54, 1.807) is 70.9 Å². The molecule has 111 heavy (non-hydrogen) atoms. The molecule has 22 rings (SSSR count). The maximum absolute atomic E-state index is 12.5. The van der Waals surface area contributed by atoms with E-state index in [-0.39, 0.29) is 6.61 Å². The van der Waals surface area contributed by atoms with Gasteiger partial charge >= 0.3 is 6.18 Å². The lowest BCUT2D eigenvalue weighted by Gasteiger charge is -2.27. The molecule has 34 nitrogen and oxygen atoms in total. The van der Waals surface area contributed by atoms with Crippen LogP contribution in [0.5, 0.6) is 0 Å². The van der Waals surface area contributed by atoms with E-state index in [1.165, 1.54) is 57.5 Å². The van der Waals surface area contributed by atoms with Gasteiger partial charge in [0.2, 0.25) is 22.6 Å². The van der Waals surface area contributed by atoms with E-state index in [0.717, 1.165) is 79.4 Å². The lowest BCUT2D eigenvalue weighted by atomic mass is 9.93. The molecular weight excluding hydrogens is 1460 g/mol. The number of halogens is 3. The van der Waals surface area contributed by atoms with Crippen LogP contribution in [-0.4, -0.2) is 189 Å². The second-order valence-corrected chi connectivity index (χ2v) is 28.6. The van der Waals surface area contributed by atoms with E-state index >= 15 is 0 Å². The summed E-state index contributed by atoms with van der Waals surface area (Å²) >= 11 is 3.46. The van der Waals surface area contributed by atoms with E-state index in [4.69, 9.17) is 15.1 Å². The summed E-state index contributed by atoms with van der Waals surface area (Å²) in [6.45, 7) is 3.33. The number of aromatic amines is 1. The molecule has 1 aromatic carbocycles. The zero-order valence-corrected chi connectivity index (χ0v) is 59.9. The maximum atomic E-state index is 12.5. The van der Waals surface area contributed by atoms with E-state index in [9.17, 15) is 13.2 Å². The fourth-order valence-electron chi connectivity index (χ4n) is 12.9. The summed E-state index contributed by atoms with van der Waals surface area (Å²) in [5, 5.41) is 65.8. The van der Waals surface area contributed by atoms with Gasteiger partial charge in [0, 0.05) is 106 Å². The van der Waals surface area contributed by atoms with Crippen molar-refractivity contribution in [3.63, 3.8) is 0 Å². The lowest BCUT2D eigenvalue weighted by Crippen LogP contribution is -2.43. The van der Waals surface area contributed by atoms with Crippen LogP contribution in [0.25, 0.3) is 122 Å². The molecule has 1 saturated heterocycles. The predicted molar refractivity (Wildman–Crippen MR) is 402 cm³/mol. The summed E-state index contributed by atoms with van der Waals surface area (Å²) in [5.74, 6) is 0. The first kappa shape index (κ1) is 67.9. The first-order valence-electron chi connectivity index (χ1n) is 35.2. The highest BCUT2D eigenvalue weighted by atomic mass is 32.1. The molecule has 39 heteroatoms. The van der Waals surface area contributed by atoms with Crippen molar-refractivity contribution in [1.82, 2.24) is 163 Å². The molecule has 1 aliphatic heterocycles. The third kappa shape index (κ3) is 14.2. The van der Waals surface area contributed by atoms with Gasteiger partial charge in [0.15, 0.2) is 22.6 Å². The number of hydrogen-bond donors (Lipinski definition) is 3. The summed E-state index contributed by atoms with van der Waals surface area (Å²) in [5.41, 5.74) is 16.3. The highest BCUT2D eigenvalue weighted by molar-refractivity contribution is 7.19. The van der Waals surface area contributed by atoms with Gasteiger partial charge < -0.3 is 24.2 Å². The Labute approximate surface area is 630 Å². The minimum absolute atomic E-state index is 0.0388. The van der Waals surface area contributed by atoms with Gasteiger partial charge in [-0.15, -0.1) is 43.1 Å². The van der Waals surface area contributed by atoms with Gasteiger partial charge in [-0.1, -0.05) is 39.1 Å². The molecule has 0 bridgehead atoms. The highest BCUT2D eigenvalue weighted by Gasteiger charge is 2.29. The number of hydrogen-bond acceptors (Lipinski definition) is 25. The van der Waals surface area contributed by atoms with Crippen molar-refractivity contribution >= 4 is 99.3 Å². The van der Waals surface area contributed by atoms with E-state index < -0.39 is 12.7 Å². The molecule has 2 fully saturated rings. The Morgan fingerprint density at radius 2 is 1.07 bits per heavy atom. The number of aliphatic hydroxyl groups is 1. The second kappa shape index (κ2) is 28.8. The summed E-state index contributed by atoms with van der Waals surface area (Å²) in [6, 6.07) is 27.6. The molecule has 0 radical (unpaired) electrons. The summed E-state index contributed by atoms with van der Waals surface area (Å²) in [4.78, 5) is 45.1. The van der Waals surface area contributed by atoms with Crippen LogP contribution in [0.1, 0.15) is 53.0 Å². The third-order valence-corrected chi connectivity index (χ3v) is 20.9. The average molecular weight is 1520 g/mol. The average Bonchev–Trinajstić information content (AvgIpc) is 1.75. The Kier molecular flexibility index (Phi) is 17.6. The molecule has 20 heterocycles. The topological polar surface area (TPSA) is 367 Å². The largest absolute Gasteiger partial charge is 0.408 e. The van der Waals surface area contributed by atoms with Crippen molar-refractivity contribution in [2.24, 2.45) is 0 Å². The molecule has 19 aromatic heterocycles. The van der Waals surface area contributed by atoms with Crippen molar-refractivity contribution in [1.29, 1.82) is 0 Å². The molecule has 0 spiro atoms. The fourth-order valence-corrected chi connectivity index (χ4v) is 14.7. The van der Waals surface area contributed by atoms with Crippen LogP contribution in [0.4, 0.5) is 13.2 Å². The Morgan fingerprint density at radius 1 is 0.505 bits per heavy atom. The van der Waals surface area contributed by atoms with Crippen LogP contribution in [0.3, 0.4) is 0 Å². The maximum Gasteiger partial charge on any atom is 0.408 e. The van der Waals surface area contributed by atoms with Crippen molar-refractivity contribution in [2.75, 3.05) is 19.7 Å². The van der Waals surface area contributed by atoms with Gasteiger partial charge in [0.05, 0.1) is 140 Å². The second-order valence-electron chi connectivity index (χ2n) is 26.5. The first-order valence-corrected chi connectivity index (χ1v) is 36.9. The monoisotopic (exact) mass is 1520 g/mol. The number of nitrogens with one attached hydrogen (secondary N) is 2. The zero-order valence-electron chi connectivity index (χ0n) is 58.3. The number of aliphatic hydroxyl groups excluding tert-OH is 1. The first-order chi connectivity index (χ1) is 54.4. The van der Waals surface area contributed by atoms with Crippen LogP contribution < -0.4 is 5.32 Å². The number of thiophene rings is 2. The number of benzene rings is 1. The summed E-state index contributed by atoms with van der Waals surface area (Å²) in [6.07, 6.45) is 29.7. The molecule has 1 saturated carbocycles. The van der Waals surface area contributed by atoms with Crippen LogP contribution in [0.15, 0.2) is 190 Å². The number of pyridine rings is 1. The quantitative estimate of drug-likeness (QED) is 0.0763. The zero-order chi connectivity index (χ0) is 74.5. The van der Waals surface area contributed by atoms with Crippen molar-refractivity contribution in [2.45, 2.75) is 76.8 Å². The van der Waals surface area contributed by atoms with Gasteiger partial charge in [0.1, 0.15) is 12.2 Å². The Bertz CT molecular complexity index is 6680. The Balaban J connectivity index is 0.0000001000. The molecule has 552 valence electrons. The molecule has 20 aromatic rings. The predicted octanol–water partition coefficient (Wildman–Crippen LogP) is 9.61. The number of fused-ring (bicyclic) bond motifs is 8. The van der Waals surface area contributed by atoms with Crippen molar-refractivity contribution in [3.05, 3.63) is 211 Å². The van der Waals surface area contributed by atoms with Crippen LogP contribution >= 0.6 is 22.7 Å². The molecule has 0 unspecified atom stereocenters. The van der Waals surface area contributed by atoms with Gasteiger partial charge in [-0.2, -0.15) is 33.6 Å². The van der Waals surface area contributed by atoms with Gasteiger partial charge in [-0.25, -0.2) is 63.6 Å². The van der Waals surface area contributed by atoms with Crippen LogP contribution in [0, 0.1) is 0 Å². The lowest BCUT2D eigenvalue weighted by molar-refractivity contribution is -0.142. The number of H-pyrrole nitrogens is 1. The third-order valence-electron chi connectivity index (χ3n) is 18.9. The van der Waals surface area contributed by atoms with Crippen molar-refractivity contribution in [3.8, 4) is 45.0 Å². The van der Waals surface area contributed by atoms with E-state index in [2.05, 4.69) is 184 Å². The van der Waals surface area contributed by atoms with Gasteiger partial charge in [-0.3, -0.25) is 18.7 Å². The van der Waals surface area contributed by atoms with Crippen LogP contribution in [-0.2, 0) is 39.3 Å². The fraction of sp³-hybridized carbons (Fsp3) is 0.208. The summed E-state index contributed by atoms with van der Waals surface area (Å²) < 4.78 is 57.5. The Morgan fingerprint density at radius 3 is 1.68 bits per heavy atom.